The van der Waals surface area contributed by atoms with Crippen LogP contribution in [-0.2, 0) is 12.8 Å². The zero-order valence-corrected chi connectivity index (χ0v) is 18.3. The molecular weight excluding hydrogens is 417 g/mol. The summed E-state index contributed by atoms with van der Waals surface area (Å²) in [6.45, 7) is 5.78. The lowest BCUT2D eigenvalue weighted by Crippen LogP contribution is -2.32. The number of amides is 1. The Labute approximate surface area is 182 Å². The first-order chi connectivity index (χ1) is 14.6. The second-order valence-electron chi connectivity index (χ2n) is 8.63. The number of halogens is 1. The molecule has 2 N–H and O–H groups in total. The Morgan fingerprint density at radius 3 is 2.65 bits per heavy atom. The van der Waals surface area contributed by atoms with Crippen LogP contribution in [0.3, 0.4) is 0 Å². The normalized spacial score (nSPS) is 14.9. The molecule has 0 atom stereocenters. The second kappa shape index (κ2) is 7.85. The number of aromatic amines is 1. The molecule has 0 fully saturated rings. The molecule has 2 heterocycles. The number of carbonyl (C=O) groups excluding carboxylic acids is 2. The summed E-state index contributed by atoms with van der Waals surface area (Å²) in [6.07, 6.45) is 1.50. The number of hydrogen-bond acceptors (Lipinski definition) is 5. The molecule has 0 saturated carbocycles. The van der Waals surface area contributed by atoms with Crippen molar-refractivity contribution in [2.75, 3.05) is 5.32 Å². The Kier molecular flexibility index (Phi) is 5.35. The van der Waals surface area contributed by atoms with E-state index in [2.05, 4.69) is 15.3 Å². The van der Waals surface area contributed by atoms with Crippen molar-refractivity contribution >= 4 is 28.2 Å². The fourth-order valence-corrected chi connectivity index (χ4v) is 4.79. The monoisotopic (exact) mass is 439 g/mol. The molecule has 4 rings (SSSR count). The number of hydrogen-bond donors (Lipinski definition) is 2. The topological polar surface area (TPSA) is 91.9 Å². The van der Waals surface area contributed by atoms with Crippen LogP contribution >= 0.6 is 11.3 Å². The number of benzene rings is 1. The molecule has 2 aromatic heterocycles. The van der Waals surface area contributed by atoms with Gasteiger partial charge in [-0.25, -0.2) is 9.37 Å². The SMILES string of the molecule is Cc1nc(NC(=O)c2cc3c([nH]c2=O)CC(C)(C)CC3=O)sc1Cc1ccc(F)cc1. The Morgan fingerprint density at radius 1 is 1.23 bits per heavy atom. The van der Waals surface area contributed by atoms with Gasteiger partial charge in [-0.2, -0.15) is 0 Å². The van der Waals surface area contributed by atoms with Gasteiger partial charge in [0.15, 0.2) is 10.9 Å². The lowest BCUT2D eigenvalue weighted by molar-refractivity contribution is 0.0910. The molecule has 0 spiro atoms. The number of aryl methyl sites for hydroxylation is 1. The molecule has 1 amide bonds. The van der Waals surface area contributed by atoms with E-state index in [0.29, 0.717) is 35.7 Å². The Bertz CT molecular complexity index is 1240. The van der Waals surface area contributed by atoms with Gasteiger partial charge in [-0.15, -0.1) is 11.3 Å². The van der Waals surface area contributed by atoms with Crippen LogP contribution in [0.15, 0.2) is 35.1 Å². The van der Waals surface area contributed by atoms with E-state index in [1.165, 1.54) is 29.5 Å². The van der Waals surface area contributed by atoms with Crippen LogP contribution in [0.4, 0.5) is 9.52 Å². The van der Waals surface area contributed by atoms with Crippen LogP contribution in [0, 0.1) is 18.2 Å². The van der Waals surface area contributed by atoms with E-state index in [1.54, 1.807) is 12.1 Å². The van der Waals surface area contributed by atoms with E-state index >= 15 is 0 Å². The van der Waals surface area contributed by atoms with Gasteiger partial charge in [0, 0.05) is 29.0 Å². The maximum atomic E-state index is 13.1. The molecule has 1 aromatic carbocycles. The van der Waals surface area contributed by atoms with Gasteiger partial charge in [-0.1, -0.05) is 26.0 Å². The average molecular weight is 440 g/mol. The highest BCUT2D eigenvalue weighted by atomic mass is 32.1. The molecule has 0 radical (unpaired) electrons. The first kappa shape index (κ1) is 21.1. The van der Waals surface area contributed by atoms with E-state index in [4.69, 9.17) is 0 Å². The predicted molar refractivity (Wildman–Crippen MR) is 118 cm³/mol. The number of Topliss-reactive ketones (excluding diaryl/α,β-unsaturated/α-hetero) is 1. The van der Waals surface area contributed by atoms with Gasteiger partial charge in [0.25, 0.3) is 11.5 Å². The largest absolute Gasteiger partial charge is 0.325 e. The fraction of sp³-hybridized carbons (Fsp3) is 0.304. The van der Waals surface area contributed by atoms with Crippen LogP contribution in [0.2, 0.25) is 0 Å². The minimum atomic E-state index is -0.608. The number of anilines is 1. The molecular formula is C23H22FN3O3S. The van der Waals surface area contributed by atoms with Gasteiger partial charge < -0.3 is 4.98 Å². The predicted octanol–water partition coefficient (Wildman–Crippen LogP) is 4.28. The van der Waals surface area contributed by atoms with E-state index < -0.39 is 11.5 Å². The minimum Gasteiger partial charge on any atom is -0.325 e. The van der Waals surface area contributed by atoms with Crippen LogP contribution in [-0.4, -0.2) is 21.7 Å². The van der Waals surface area contributed by atoms with Crippen LogP contribution in [0.1, 0.15) is 62.8 Å². The summed E-state index contributed by atoms with van der Waals surface area (Å²) in [5.41, 5.74) is 1.79. The molecule has 1 aliphatic rings. The Hall–Kier alpha value is -3.13. The zero-order chi connectivity index (χ0) is 22.3. The smallest absolute Gasteiger partial charge is 0.263 e. The summed E-state index contributed by atoms with van der Waals surface area (Å²) in [6, 6.07) is 7.61. The van der Waals surface area contributed by atoms with Gasteiger partial charge in [0.2, 0.25) is 0 Å². The first-order valence-corrected chi connectivity index (χ1v) is 10.7. The van der Waals surface area contributed by atoms with Crippen LogP contribution in [0.25, 0.3) is 0 Å². The summed E-state index contributed by atoms with van der Waals surface area (Å²) in [7, 11) is 0. The van der Waals surface area contributed by atoms with Crippen molar-refractivity contribution in [3.8, 4) is 0 Å². The third-order valence-corrected chi connectivity index (χ3v) is 6.43. The lowest BCUT2D eigenvalue weighted by atomic mass is 9.75. The van der Waals surface area contributed by atoms with Crippen molar-refractivity contribution in [1.29, 1.82) is 0 Å². The highest BCUT2D eigenvalue weighted by Gasteiger charge is 2.32. The lowest BCUT2D eigenvalue weighted by Gasteiger charge is -2.29. The number of nitrogens with zero attached hydrogens (tertiary/aromatic N) is 1. The van der Waals surface area contributed by atoms with Crippen molar-refractivity contribution in [3.63, 3.8) is 0 Å². The summed E-state index contributed by atoms with van der Waals surface area (Å²) in [5.74, 6) is -0.984. The quantitative estimate of drug-likeness (QED) is 0.635. The van der Waals surface area contributed by atoms with Crippen LogP contribution in [0.5, 0.6) is 0 Å². The highest BCUT2D eigenvalue weighted by molar-refractivity contribution is 7.15. The number of carbonyl (C=O) groups is 2. The number of thiazole rings is 1. The van der Waals surface area contributed by atoms with Crippen molar-refractivity contribution in [2.45, 2.75) is 40.0 Å². The molecule has 8 heteroatoms. The number of aromatic nitrogens is 2. The van der Waals surface area contributed by atoms with E-state index in [0.717, 1.165) is 16.1 Å². The number of rotatable bonds is 4. The molecule has 160 valence electrons. The summed E-state index contributed by atoms with van der Waals surface area (Å²) < 4.78 is 13.1. The Balaban J connectivity index is 1.55. The maximum absolute atomic E-state index is 13.1. The van der Waals surface area contributed by atoms with Crippen molar-refractivity contribution < 1.29 is 14.0 Å². The maximum Gasteiger partial charge on any atom is 0.263 e. The van der Waals surface area contributed by atoms with E-state index in [-0.39, 0.29) is 22.6 Å². The standard InChI is InChI=1S/C23H22FN3O3S/c1-12-19(8-13-4-6-14(24)7-5-13)31-22(25-12)27-21(30)16-9-15-17(26-20(16)29)10-23(2,3)11-18(15)28/h4-7,9H,8,10-11H2,1-3H3,(H,26,29)(H,25,27,30). The average Bonchev–Trinajstić information content (AvgIpc) is 3.00. The van der Waals surface area contributed by atoms with E-state index in [1.807, 2.05) is 20.8 Å². The third kappa shape index (κ3) is 4.49. The molecule has 6 nitrogen and oxygen atoms in total. The van der Waals surface area contributed by atoms with Gasteiger partial charge in [-0.3, -0.25) is 19.7 Å². The molecule has 0 bridgehead atoms. The second-order valence-corrected chi connectivity index (χ2v) is 9.71. The third-order valence-electron chi connectivity index (χ3n) is 5.35. The summed E-state index contributed by atoms with van der Waals surface area (Å²) in [4.78, 5) is 45.8. The van der Waals surface area contributed by atoms with Gasteiger partial charge in [-0.05, 0) is 42.5 Å². The van der Waals surface area contributed by atoms with Crippen molar-refractivity contribution in [1.82, 2.24) is 9.97 Å². The molecule has 0 aliphatic heterocycles. The highest BCUT2D eigenvalue weighted by Crippen LogP contribution is 2.33. The minimum absolute atomic E-state index is 0.0803. The molecule has 0 unspecified atom stereocenters. The molecule has 1 aliphatic carbocycles. The molecule has 3 aromatic rings. The number of pyridine rings is 1. The number of fused-ring (bicyclic) bond motifs is 1. The van der Waals surface area contributed by atoms with E-state index in [9.17, 15) is 18.8 Å². The van der Waals surface area contributed by atoms with Gasteiger partial charge in [0.1, 0.15) is 11.4 Å². The van der Waals surface area contributed by atoms with Crippen LogP contribution < -0.4 is 10.9 Å². The van der Waals surface area contributed by atoms with Crippen molar-refractivity contribution in [3.05, 3.63) is 79.5 Å². The molecule has 0 saturated heterocycles. The van der Waals surface area contributed by atoms with Crippen molar-refractivity contribution in [2.24, 2.45) is 5.41 Å². The first-order valence-electron chi connectivity index (χ1n) is 9.93. The Morgan fingerprint density at radius 2 is 1.94 bits per heavy atom. The van der Waals surface area contributed by atoms with Gasteiger partial charge in [0.05, 0.1) is 5.69 Å². The summed E-state index contributed by atoms with van der Waals surface area (Å²) in [5, 5.41) is 3.04. The fourth-order valence-electron chi connectivity index (χ4n) is 3.79. The zero-order valence-electron chi connectivity index (χ0n) is 17.5. The number of H-pyrrole nitrogens is 1. The van der Waals surface area contributed by atoms with Gasteiger partial charge >= 0.3 is 0 Å². The number of nitrogens with one attached hydrogen (secondary N) is 2. The summed E-state index contributed by atoms with van der Waals surface area (Å²) >= 11 is 1.30. The number of ketones is 1. The molecule has 31 heavy (non-hydrogen) atoms.